The van der Waals surface area contributed by atoms with Crippen LogP contribution >= 0.6 is 22.6 Å². The molecule has 0 atom stereocenters. The van der Waals surface area contributed by atoms with E-state index in [-0.39, 0.29) is 19.0 Å². The van der Waals surface area contributed by atoms with Gasteiger partial charge in [0.05, 0.1) is 18.5 Å². The minimum atomic E-state index is -3.58. The van der Waals surface area contributed by atoms with Crippen LogP contribution in [0.15, 0.2) is 48.5 Å². The van der Waals surface area contributed by atoms with Crippen molar-refractivity contribution in [2.75, 3.05) is 30.3 Å². The summed E-state index contributed by atoms with van der Waals surface area (Å²) in [6, 6.07) is 14.8. The fourth-order valence-electron chi connectivity index (χ4n) is 2.63. The molecule has 0 fully saturated rings. The molecule has 2 aromatic rings. The smallest absolute Gasteiger partial charge is 0.240 e. The van der Waals surface area contributed by atoms with Gasteiger partial charge in [0.1, 0.15) is 18.9 Å². The van der Waals surface area contributed by atoms with Gasteiger partial charge in [-0.25, -0.2) is 8.42 Å². The van der Waals surface area contributed by atoms with E-state index in [0.29, 0.717) is 18.2 Å². The van der Waals surface area contributed by atoms with E-state index >= 15 is 0 Å². The number of carbonyl (C=O) groups is 1. The highest BCUT2D eigenvalue weighted by molar-refractivity contribution is 14.1. The van der Waals surface area contributed by atoms with Crippen LogP contribution in [-0.2, 0) is 14.8 Å². The van der Waals surface area contributed by atoms with Crippen LogP contribution in [0.3, 0.4) is 0 Å². The largest absolute Gasteiger partial charge is 0.491 e. The molecular formula is C20H25IN2O4S. The van der Waals surface area contributed by atoms with Crippen molar-refractivity contribution in [1.82, 2.24) is 5.32 Å². The van der Waals surface area contributed by atoms with Crippen LogP contribution in [0, 0.1) is 3.57 Å². The Kier molecular flexibility index (Phi) is 8.11. The number of para-hydroxylation sites is 1. The van der Waals surface area contributed by atoms with Gasteiger partial charge in [-0.15, -0.1) is 0 Å². The fraction of sp³-hybridized carbons (Fsp3) is 0.350. The maximum Gasteiger partial charge on any atom is 0.240 e. The maximum absolute atomic E-state index is 12.3. The molecule has 6 nitrogen and oxygen atoms in total. The third-order valence-electron chi connectivity index (χ3n) is 4.02. The molecule has 1 amide bonds. The topological polar surface area (TPSA) is 75.7 Å². The van der Waals surface area contributed by atoms with Gasteiger partial charge in [0.15, 0.2) is 0 Å². The normalized spacial score (nSPS) is 11.3. The number of rotatable bonds is 9. The van der Waals surface area contributed by atoms with E-state index in [1.54, 1.807) is 24.3 Å². The van der Waals surface area contributed by atoms with Gasteiger partial charge in [-0.05, 0) is 64.4 Å². The molecule has 0 heterocycles. The molecule has 28 heavy (non-hydrogen) atoms. The molecule has 1 N–H and O–H groups in total. The Bertz CT molecular complexity index is 899. The van der Waals surface area contributed by atoms with Gasteiger partial charge in [0.25, 0.3) is 0 Å². The first-order valence-electron chi connectivity index (χ1n) is 8.90. The quantitative estimate of drug-likeness (QED) is 0.410. The van der Waals surface area contributed by atoms with Gasteiger partial charge in [-0.3, -0.25) is 9.10 Å². The summed E-state index contributed by atoms with van der Waals surface area (Å²) in [5.41, 5.74) is 1.57. The molecule has 0 radical (unpaired) electrons. The number of ether oxygens (including phenoxy) is 1. The summed E-state index contributed by atoms with van der Waals surface area (Å²) in [6.07, 6.45) is 1.09. The second-order valence-electron chi connectivity index (χ2n) is 6.64. The molecule has 0 aliphatic rings. The van der Waals surface area contributed by atoms with E-state index in [9.17, 15) is 13.2 Å². The lowest BCUT2D eigenvalue weighted by Gasteiger charge is -2.22. The van der Waals surface area contributed by atoms with E-state index in [2.05, 4.69) is 41.8 Å². The zero-order valence-electron chi connectivity index (χ0n) is 16.2. The van der Waals surface area contributed by atoms with Crippen molar-refractivity contribution in [3.8, 4) is 5.75 Å². The first kappa shape index (κ1) is 22.5. The SMILES string of the molecule is CC(C)c1ccccc1OCCNC(=O)CN(c1ccc(I)cc1)S(C)(=O)=O. The van der Waals surface area contributed by atoms with E-state index in [0.717, 1.165) is 25.4 Å². The summed E-state index contributed by atoms with van der Waals surface area (Å²) >= 11 is 2.14. The number of amides is 1. The fourth-order valence-corrected chi connectivity index (χ4v) is 3.85. The Morgan fingerprint density at radius 1 is 1.14 bits per heavy atom. The Balaban J connectivity index is 1.91. The summed E-state index contributed by atoms with van der Waals surface area (Å²) in [4.78, 5) is 12.3. The van der Waals surface area contributed by atoms with Crippen LogP contribution in [-0.4, -0.2) is 40.3 Å². The predicted molar refractivity (Wildman–Crippen MR) is 120 cm³/mol. The molecule has 152 valence electrons. The number of nitrogens with one attached hydrogen (secondary N) is 1. The van der Waals surface area contributed by atoms with Gasteiger partial charge in [0, 0.05) is 3.57 Å². The number of hydrogen-bond donors (Lipinski definition) is 1. The average Bonchev–Trinajstić information content (AvgIpc) is 2.63. The molecule has 0 bridgehead atoms. The number of nitrogens with zero attached hydrogens (tertiary/aromatic N) is 1. The summed E-state index contributed by atoms with van der Waals surface area (Å²) < 4.78 is 32.0. The van der Waals surface area contributed by atoms with Crippen LogP contribution < -0.4 is 14.4 Å². The van der Waals surface area contributed by atoms with E-state index < -0.39 is 10.0 Å². The van der Waals surface area contributed by atoms with Crippen molar-refractivity contribution in [2.24, 2.45) is 0 Å². The first-order valence-corrected chi connectivity index (χ1v) is 11.8. The number of halogens is 1. The van der Waals surface area contributed by atoms with Crippen LogP contribution in [0.1, 0.15) is 25.3 Å². The zero-order valence-corrected chi connectivity index (χ0v) is 19.2. The molecule has 2 rings (SSSR count). The van der Waals surface area contributed by atoms with Crippen molar-refractivity contribution in [1.29, 1.82) is 0 Å². The minimum Gasteiger partial charge on any atom is -0.491 e. The van der Waals surface area contributed by atoms with Gasteiger partial charge in [0.2, 0.25) is 15.9 Å². The Labute approximate surface area is 180 Å². The molecular weight excluding hydrogens is 491 g/mol. The first-order chi connectivity index (χ1) is 13.2. The molecule has 0 spiro atoms. The molecule has 0 unspecified atom stereocenters. The van der Waals surface area contributed by atoms with Crippen molar-refractivity contribution in [3.05, 3.63) is 57.7 Å². The predicted octanol–water partition coefficient (Wildman–Crippen LogP) is 3.38. The Morgan fingerprint density at radius 2 is 1.79 bits per heavy atom. The van der Waals surface area contributed by atoms with Crippen molar-refractivity contribution in [2.45, 2.75) is 19.8 Å². The van der Waals surface area contributed by atoms with Crippen LogP contribution in [0.5, 0.6) is 5.75 Å². The highest BCUT2D eigenvalue weighted by Crippen LogP contribution is 2.25. The van der Waals surface area contributed by atoms with Crippen LogP contribution in [0.4, 0.5) is 5.69 Å². The summed E-state index contributed by atoms with van der Waals surface area (Å²) in [6.45, 7) is 4.50. The van der Waals surface area contributed by atoms with E-state index in [4.69, 9.17) is 4.74 Å². The number of carbonyl (C=O) groups excluding carboxylic acids is 1. The number of anilines is 1. The highest BCUT2D eigenvalue weighted by atomic mass is 127. The van der Waals surface area contributed by atoms with Gasteiger partial charge < -0.3 is 10.1 Å². The van der Waals surface area contributed by atoms with E-state index in [1.165, 1.54) is 0 Å². The lowest BCUT2D eigenvalue weighted by molar-refractivity contribution is -0.119. The number of benzene rings is 2. The molecule has 0 aromatic heterocycles. The molecule has 0 aliphatic heterocycles. The van der Waals surface area contributed by atoms with E-state index in [1.807, 2.05) is 24.3 Å². The lowest BCUT2D eigenvalue weighted by atomic mass is 10.0. The summed E-state index contributed by atoms with van der Waals surface area (Å²) in [7, 11) is -3.58. The van der Waals surface area contributed by atoms with Crippen molar-refractivity contribution >= 4 is 44.2 Å². The number of sulfonamides is 1. The minimum absolute atomic E-state index is 0.276. The van der Waals surface area contributed by atoms with Crippen LogP contribution in [0.25, 0.3) is 0 Å². The van der Waals surface area contributed by atoms with Crippen molar-refractivity contribution < 1.29 is 17.9 Å². The van der Waals surface area contributed by atoms with Gasteiger partial charge in [-0.1, -0.05) is 32.0 Å². The summed E-state index contributed by atoms with van der Waals surface area (Å²) in [5, 5.41) is 2.71. The Hall–Kier alpha value is -1.81. The number of hydrogen-bond acceptors (Lipinski definition) is 4. The molecule has 2 aromatic carbocycles. The monoisotopic (exact) mass is 516 g/mol. The molecule has 0 aliphatic carbocycles. The third kappa shape index (κ3) is 6.66. The van der Waals surface area contributed by atoms with Gasteiger partial charge in [-0.2, -0.15) is 0 Å². The summed E-state index contributed by atoms with van der Waals surface area (Å²) in [5.74, 6) is 0.746. The standard InChI is InChI=1S/C20H25IN2O4S/c1-15(2)18-6-4-5-7-19(18)27-13-12-22-20(24)14-23(28(3,25)26)17-10-8-16(21)9-11-17/h4-11,15H,12-14H2,1-3H3,(H,22,24). The second-order valence-corrected chi connectivity index (χ2v) is 9.79. The lowest BCUT2D eigenvalue weighted by Crippen LogP contribution is -2.41. The maximum atomic E-state index is 12.3. The van der Waals surface area contributed by atoms with Gasteiger partial charge >= 0.3 is 0 Å². The molecule has 8 heteroatoms. The molecule has 0 saturated heterocycles. The molecule has 0 saturated carbocycles. The average molecular weight is 516 g/mol. The zero-order chi connectivity index (χ0) is 20.7. The third-order valence-corrected chi connectivity index (χ3v) is 5.88. The van der Waals surface area contributed by atoms with Crippen LogP contribution in [0.2, 0.25) is 0 Å². The van der Waals surface area contributed by atoms with Crippen molar-refractivity contribution in [3.63, 3.8) is 0 Å². The second kappa shape index (κ2) is 10.1. The Morgan fingerprint density at radius 3 is 2.39 bits per heavy atom. The highest BCUT2D eigenvalue weighted by Gasteiger charge is 2.20.